The molecule has 0 aliphatic rings. The molecule has 0 saturated carbocycles. The van der Waals surface area contributed by atoms with Crippen molar-refractivity contribution in [1.29, 1.82) is 0 Å². The molecule has 0 aliphatic carbocycles. The van der Waals surface area contributed by atoms with Crippen molar-refractivity contribution in [3.05, 3.63) is 16.3 Å². The molecular formula is C4H4N6O2. The smallest absolute Gasteiger partial charge is 0.373 e. The normalized spacial score (nSPS) is 9.08. The first-order chi connectivity index (χ1) is 5.65. The first-order valence-corrected chi connectivity index (χ1v) is 2.84. The van der Waals surface area contributed by atoms with Gasteiger partial charge in [0.05, 0.1) is 0 Å². The van der Waals surface area contributed by atoms with Crippen LogP contribution < -0.4 is 0 Å². The number of carboxylic acids is 1. The van der Waals surface area contributed by atoms with E-state index >= 15 is 0 Å². The lowest BCUT2D eigenvalue weighted by Gasteiger charge is -1.88. The van der Waals surface area contributed by atoms with Crippen molar-refractivity contribution < 1.29 is 9.90 Å². The Balaban J connectivity index is 3.16. The van der Waals surface area contributed by atoms with E-state index in [9.17, 15) is 4.79 Å². The van der Waals surface area contributed by atoms with Crippen molar-refractivity contribution in [3.63, 3.8) is 0 Å². The van der Waals surface area contributed by atoms with Gasteiger partial charge in [-0.05, 0) is 10.6 Å². The van der Waals surface area contributed by atoms with Gasteiger partial charge in [0.1, 0.15) is 0 Å². The van der Waals surface area contributed by atoms with Crippen LogP contribution in [-0.4, -0.2) is 25.8 Å². The van der Waals surface area contributed by atoms with Gasteiger partial charge in [-0.1, -0.05) is 0 Å². The Morgan fingerprint density at radius 2 is 2.50 bits per heavy atom. The molecule has 8 heteroatoms. The Labute approximate surface area is 66.1 Å². The van der Waals surface area contributed by atoms with Gasteiger partial charge in [-0.25, -0.2) is 9.48 Å². The molecule has 1 N–H and O–H groups in total. The van der Waals surface area contributed by atoms with Crippen molar-refractivity contribution in [2.75, 3.05) is 0 Å². The SMILES string of the molecule is Cn1nc(N=[N+]=[N-])nc1C(=O)O. The highest BCUT2D eigenvalue weighted by Gasteiger charge is 2.12. The molecule has 0 atom stereocenters. The largest absolute Gasteiger partial charge is 0.475 e. The van der Waals surface area contributed by atoms with Crippen LogP contribution in [0.5, 0.6) is 0 Å². The van der Waals surface area contributed by atoms with Crippen molar-refractivity contribution >= 4 is 11.9 Å². The fourth-order valence-electron chi connectivity index (χ4n) is 0.640. The molecule has 62 valence electrons. The maximum Gasteiger partial charge on any atom is 0.373 e. The highest BCUT2D eigenvalue weighted by molar-refractivity contribution is 5.83. The van der Waals surface area contributed by atoms with Gasteiger partial charge in [0.2, 0.25) is 11.8 Å². The van der Waals surface area contributed by atoms with Gasteiger partial charge in [-0.15, -0.1) is 5.10 Å². The minimum absolute atomic E-state index is 0.197. The number of azide groups is 1. The summed E-state index contributed by atoms with van der Waals surface area (Å²) in [6.07, 6.45) is 0. The molecule has 0 amide bonds. The maximum absolute atomic E-state index is 10.4. The predicted octanol–water partition coefficient (Wildman–Crippen LogP) is 0.455. The monoisotopic (exact) mass is 168 g/mol. The second-order valence-electron chi connectivity index (χ2n) is 1.85. The minimum atomic E-state index is -1.22. The number of rotatable bonds is 2. The van der Waals surface area contributed by atoms with Gasteiger partial charge >= 0.3 is 5.97 Å². The number of carbonyl (C=O) groups is 1. The van der Waals surface area contributed by atoms with Crippen molar-refractivity contribution in [1.82, 2.24) is 14.8 Å². The molecule has 0 aromatic carbocycles. The summed E-state index contributed by atoms with van der Waals surface area (Å²) >= 11 is 0. The fourth-order valence-corrected chi connectivity index (χ4v) is 0.640. The van der Waals surface area contributed by atoms with Crippen LogP contribution in [0.2, 0.25) is 0 Å². The van der Waals surface area contributed by atoms with E-state index < -0.39 is 5.97 Å². The molecule has 0 radical (unpaired) electrons. The van der Waals surface area contributed by atoms with E-state index in [0.717, 1.165) is 4.68 Å². The Bertz CT molecular complexity index is 362. The molecule has 0 fully saturated rings. The zero-order chi connectivity index (χ0) is 9.14. The summed E-state index contributed by atoms with van der Waals surface area (Å²) in [6.45, 7) is 0. The summed E-state index contributed by atoms with van der Waals surface area (Å²) < 4.78 is 1.02. The molecule has 0 spiro atoms. The van der Waals surface area contributed by atoms with E-state index in [4.69, 9.17) is 10.6 Å². The summed E-state index contributed by atoms with van der Waals surface area (Å²) in [4.78, 5) is 16.2. The third-order valence-corrected chi connectivity index (χ3v) is 1.08. The molecule has 0 unspecified atom stereocenters. The lowest BCUT2D eigenvalue weighted by Crippen LogP contribution is -2.06. The zero-order valence-corrected chi connectivity index (χ0v) is 6.04. The highest BCUT2D eigenvalue weighted by Crippen LogP contribution is 2.04. The van der Waals surface area contributed by atoms with E-state index in [-0.39, 0.29) is 11.8 Å². The average Bonchev–Trinajstić information content (AvgIpc) is 2.32. The zero-order valence-electron chi connectivity index (χ0n) is 6.04. The van der Waals surface area contributed by atoms with Crippen molar-refractivity contribution in [2.24, 2.45) is 12.2 Å². The Kier molecular flexibility index (Phi) is 1.93. The third kappa shape index (κ3) is 1.32. The summed E-state index contributed by atoms with van der Waals surface area (Å²) in [5.41, 5.74) is 7.98. The summed E-state index contributed by atoms with van der Waals surface area (Å²) in [6, 6.07) is 0. The highest BCUT2D eigenvalue weighted by atomic mass is 16.4. The van der Waals surface area contributed by atoms with Crippen LogP contribution in [0.15, 0.2) is 5.11 Å². The van der Waals surface area contributed by atoms with Crippen LogP contribution in [0.4, 0.5) is 5.95 Å². The Morgan fingerprint density at radius 1 is 1.83 bits per heavy atom. The maximum atomic E-state index is 10.4. The van der Waals surface area contributed by atoms with Gasteiger partial charge < -0.3 is 5.11 Å². The second kappa shape index (κ2) is 2.89. The van der Waals surface area contributed by atoms with Crippen LogP contribution in [0.25, 0.3) is 10.4 Å². The van der Waals surface area contributed by atoms with Crippen LogP contribution in [0.3, 0.4) is 0 Å². The van der Waals surface area contributed by atoms with Crippen LogP contribution in [-0.2, 0) is 7.05 Å². The first-order valence-electron chi connectivity index (χ1n) is 2.84. The Morgan fingerprint density at radius 3 is 2.92 bits per heavy atom. The molecule has 1 aromatic rings. The van der Waals surface area contributed by atoms with E-state index in [1.807, 2.05) is 0 Å². The first kappa shape index (κ1) is 8.02. The second-order valence-corrected chi connectivity index (χ2v) is 1.85. The quantitative estimate of drug-likeness (QED) is 0.392. The van der Waals surface area contributed by atoms with Gasteiger partial charge in [0.25, 0.3) is 0 Å². The van der Waals surface area contributed by atoms with Gasteiger partial charge in [-0.2, -0.15) is 4.98 Å². The van der Waals surface area contributed by atoms with Gasteiger partial charge in [0.15, 0.2) is 0 Å². The summed E-state index contributed by atoms with van der Waals surface area (Å²) in [5, 5.41) is 15.1. The summed E-state index contributed by atoms with van der Waals surface area (Å²) in [5.74, 6) is -1.68. The number of aromatic nitrogens is 3. The minimum Gasteiger partial charge on any atom is -0.475 e. The molecule has 1 rings (SSSR count). The van der Waals surface area contributed by atoms with E-state index in [1.165, 1.54) is 7.05 Å². The fraction of sp³-hybridized carbons (Fsp3) is 0.250. The van der Waals surface area contributed by atoms with Crippen LogP contribution in [0.1, 0.15) is 10.6 Å². The number of aryl methyl sites for hydroxylation is 1. The standard InChI is InChI=1S/C4H4N6O2/c1-10-2(3(11)12)6-4(8-10)7-9-5/h1H3,(H,11,12). The average molecular weight is 168 g/mol. The molecule has 1 heterocycles. The Hall–Kier alpha value is -2.08. The molecule has 0 bridgehead atoms. The summed E-state index contributed by atoms with van der Waals surface area (Å²) in [7, 11) is 1.40. The molecular weight excluding hydrogens is 164 g/mol. The number of hydrogen-bond acceptors (Lipinski definition) is 4. The molecule has 8 nitrogen and oxygen atoms in total. The van der Waals surface area contributed by atoms with Crippen LogP contribution >= 0.6 is 0 Å². The van der Waals surface area contributed by atoms with E-state index in [2.05, 4.69) is 20.1 Å². The van der Waals surface area contributed by atoms with E-state index in [1.54, 1.807) is 0 Å². The van der Waals surface area contributed by atoms with Gasteiger partial charge in [-0.3, -0.25) is 0 Å². The van der Waals surface area contributed by atoms with E-state index in [0.29, 0.717) is 0 Å². The molecule has 12 heavy (non-hydrogen) atoms. The number of hydrogen-bond donors (Lipinski definition) is 1. The number of aromatic carboxylic acids is 1. The van der Waals surface area contributed by atoms with Crippen molar-refractivity contribution in [3.8, 4) is 0 Å². The van der Waals surface area contributed by atoms with Gasteiger partial charge in [0, 0.05) is 12.0 Å². The third-order valence-electron chi connectivity index (χ3n) is 1.08. The predicted molar refractivity (Wildman–Crippen MR) is 36.8 cm³/mol. The molecule has 1 aromatic heterocycles. The molecule has 0 saturated heterocycles. The number of nitrogens with zero attached hydrogens (tertiary/aromatic N) is 6. The lowest BCUT2D eigenvalue weighted by molar-refractivity contribution is 0.0678. The number of carboxylic acid groups (broad SMARTS) is 1. The van der Waals surface area contributed by atoms with Crippen molar-refractivity contribution in [2.45, 2.75) is 0 Å². The molecule has 0 aliphatic heterocycles. The topological polar surface area (TPSA) is 117 Å². The lowest BCUT2D eigenvalue weighted by atomic mass is 10.6. The van der Waals surface area contributed by atoms with Crippen LogP contribution in [0, 0.1) is 0 Å².